The van der Waals surface area contributed by atoms with Crippen molar-refractivity contribution in [3.8, 4) is 0 Å². The maximum Gasteiger partial charge on any atom is 0.240 e. The number of anilines is 1. The highest BCUT2D eigenvalue weighted by molar-refractivity contribution is 7.92. The lowest BCUT2D eigenvalue weighted by atomic mass is 10.2. The van der Waals surface area contributed by atoms with Crippen LogP contribution in [0.2, 0.25) is 0 Å². The molecule has 2 N–H and O–H groups in total. The van der Waals surface area contributed by atoms with Crippen LogP contribution in [-0.4, -0.2) is 40.9 Å². The van der Waals surface area contributed by atoms with E-state index < -0.39 is 24.6 Å². The van der Waals surface area contributed by atoms with Crippen LogP contribution in [-0.2, 0) is 26.3 Å². The third kappa shape index (κ3) is 3.38. The van der Waals surface area contributed by atoms with E-state index in [1.54, 1.807) is 12.1 Å². The first kappa shape index (κ1) is 16.3. The second-order valence-corrected chi connectivity index (χ2v) is 10.3. The molecule has 1 heterocycles. The van der Waals surface area contributed by atoms with Gasteiger partial charge in [0.25, 0.3) is 0 Å². The van der Waals surface area contributed by atoms with Gasteiger partial charge in [-0.3, -0.25) is 0 Å². The lowest BCUT2D eigenvalue weighted by Crippen LogP contribution is -2.43. The van der Waals surface area contributed by atoms with Gasteiger partial charge in [0.05, 0.1) is 9.64 Å². The van der Waals surface area contributed by atoms with Crippen molar-refractivity contribution in [1.29, 1.82) is 0 Å². The van der Waals surface area contributed by atoms with Crippen LogP contribution < -0.4 is 10.0 Å². The Labute approximate surface area is 125 Å². The molecule has 0 fully saturated rings. The van der Waals surface area contributed by atoms with E-state index in [4.69, 9.17) is 0 Å². The highest BCUT2D eigenvalue weighted by atomic mass is 32.2. The van der Waals surface area contributed by atoms with Gasteiger partial charge in [-0.25, -0.2) is 21.6 Å². The SMILES string of the molecule is CC(C)(CNS(=O)(=O)c1ccc2c(c1)CCN2)S(C)(=O)=O. The molecule has 0 spiro atoms. The molecule has 0 saturated heterocycles. The van der Waals surface area contributed by atoms with Crippen molar-refractivity contribution in [2.45, 2.75) is 29.9 Å². The molecule has 0 bridgehead atoms. The summed E-state index contributed by atoms with van der Waals surface area (Å²) < 4.78 is 49.0. The quantitative estimate of drug-likeness (QED) is 0.830. The van der Waals surface area contributed by atoms with Gasteiger partial charge in [-0.1, -0.05) is 0 Å². The first-order chi connectivity index (χ1) is 9.53. The van der Waals surface area contributed by atoms with Crippen molar-refractivity contribution in [2.75, 3.05) is 24.7 Å². The number of hydrogen-bond acceptors (Lipinski definition) is 5. The second-order valence-electron chi connectivity index (χ2n) is 5.85. The first-order valence-electron chi connectivity index (χ1n) is 6.59. The number of rotatable bonds is 5. The van der Waals surface area contributed by atoms with Gasteiger partial charge in [0, 0.05) is 25.0 Å². The van der Waals surface area contributed by atoms with E-state index >= 15 is 0 Å². The minimum atomic E-state index is -3.72. The number of nitrogens with one attached hydrogen (secondary N) is 2. The molecule has 2 rings (SSSR count). The van der Waals surface area contributed by atoms with E-state index in [-0.39, 0.29) is 11.4 Å². The Morgan fingerprint density at radius 3 is 2.52 bits per heavy atom. The molecule has 0 aliphatic carbocycles. The molecule has 0 saturated carbocycles. The van der Waals surface area contributed by atoms with E-state index in [9.17, 15) is 16.8 Å². The van der Waals surface area contributed by atoms with Crippen LogP contribution in [0.1, 0.15) is 19.4 Å². The van der Waals surface area contributed by atoms with Crippen molar-refractivity contribution in [3.63, 3.8) is 0 Å². The molecule has 0 atom stereocenters. The predicted octanol–water partition coefficient (Wildman–Crippen LogP) is 0.756. The van der Waals surface area contributed by atoms with Crippen LogP contribution in [0.3, 0.4) is 0 Å². The molecule has 1 aliphatic rings. The summed E-state index contributed by atoms with van der Waals surface area (Å²) in [5.74, 6) is 0. The van der Waals surface area contributed by atoms with Crippen LogP contribution in [0.5, 0.6) is 0 Å². The van der Waals surface area contributed by atoms with Crippen LogP contribution >= 0.6 is 0 Å². The summed E-state index contributed by atoms with van der Waals surface area (Å²) in [5.41, 5.74) is 1.91. The molecule has 21 heavy (non-hydrogen) atoms. The molecule has 0 radical (unpaired) electrons. The zero-order chi connectivity index (χ0) is 15.9. The Morgan fingerprint density at radius 1 is 1.24 bits per heavy atom. The molecular weight excluding hydrogens is 312 g/mol. The van der Waals surface area contributed by atoms with E-state index in [1.807, 2.05) is 0 Å². The summed E-state index contributed by atoms with van der Waals surface area (Å²) >= 11 is 0. The summed E-state index contributed by atoms with van der Waals surface area (Å²) in [7, 11) is -7.07. The smallest absolute Gasteiger partial charge is 0.240 e. The zero-order valence-corrected chi connectivity index (χ0v) is 13.9. The monoisotopic (exact) mass is 332 g/mol. The normalized spacial score (nSPS) is 15.6. The molecule has 0 aromatic heterocycles. The summed E-state index contributed by atoms with van der Waals surface area (Å²) in [4.78, 5) is 0.161. The lowest BCUT2D eigenvalue weighted by Gasteiger charge is -2.22. The molecule has 0 amide bonds. The Kier molecular flexibility index (Phi) is 4.07. The molecule has 118 valence electrons. The van der Waals surface area contributed by atoms with Gasteiger partial charge < -0.3 is 5.32 Å². The highest BCUT2D eigenvalue weighted by Gasteiger charge is 2.32. The lowest BCUT2D eigenvalue weighted by molar-refractivity contribution is 0.537. The summed E-state index contributed by atoms with van der Waals surface area (Å²) in [6.45, 7) is 3.63. The molecule has 1 aromatic rings. The minimum absolute atomic E-state index is 0.161. The van der Waals surface area contributed by atoms with Crippen LogP contribution in [0, 0.1) is 0 Å². The van der Waals surface area contributed by atoms with Crippen molar-refractivity contribution in [3.05, 3.63) is 23.8 Å². The van der Waals surface area contributed by atoms with E-state index in [0.717, 1.165) is 30.5 Å². The van der Waals surface area contributed by atoms with Crippen LogP contribution in [0.4, 0.5) is 5.69 Å². The standard InChI is InChI=1S/C13H20N2O4S2/c1-13(2,20(3,16)17)9-15-21(18,19)11-4-5-12-10(8-11)6-7-14-12/h4-5,8,14-15H,6-7,9H2,1-3H3. The van der Waals surface area contributed by atoms with Gasteiger partial charge in [0.2, 0.25) is 10.0 Å². The predicted molar refractivity (Wildman–Crippen MR) is 82.7 cm³/mol. The number of sulfonamides is 1. The van der Waals surface area contributed by atoms with Crippen LogP contribution in [0.25, 0.3) is 0 Å². The molecule has 6 nitrogen and oxygen atoms in total. The van der Waals surface area contributed by atoms with Crippen molar-refractivity contribution < 1.29 is 16.8 Å². The summed E-state index contributed by atoms with van der Waals surface area (Å²) in [6.07, 6.45) is 1.88. The molecule has 8 heteroatoms. The van der Waals surface area contributed by atoms with Crippen molar-refractivity contribution in [1.82, 2.24) is 4.72 Å². The third-order valence-corrected chi connectivity index (χ3v) is 7.34. The molecule has 0 unspecified atom stereocenters. The van der Waals surface area contributed by atoms with Crippen LogP contribution in [0.15, 0.2) is 23.1 Å². The molecule has 1 aromatic carbocycles. The number of hydrogen-bond donors (Lipinski definition) is 2. The Bertz CT molecular complexity index is 752. The summed E-state index contributed by atoms with van der Waals surface area (Å²) in [6, 6.07) is 4.89. The van der Waals surface area contributed by atoms with E-state index in [1.165, 1.54) is 19.9 Å². The Morgan fingerprint density at radius 2 is 1.90 bits per heavy atom. The average molecular weight is 332 g/mol. The largest absolute Gasteiger partial charge is 0.384 e. The topological polar surface area (TPSA) is 92.3 Å². The van der Waals surface area contributed by atoms with Gasteiger partial charge in [0.15, 0.2) is 9.84 Å². The minimum Gasteiger partial charge on any atom is -0.384 e. The molecular formula is C13H20N2O4S2. The number of benzene rings is 1. The van der Waals surface area contributed by atoms with Crippen molar-refractivity contribution in [2.24, 2.45) is 0 Å². The van der Waals surface area contributed by atoms with Crippen molar-refractivity contribution >= 4 is 25.5 Å². The van der Waals surface area contributed by atoms with E-state index in [0.29, 0.717) is 0 Å². The maximum absolute atomic E-state index is 12.3. The van der Waals surface area contributed by atoms with Gasteiger partial charge in [-0.2, -0.15) is 0 Å². The average Bonchev–Trinajstić information content (AvgIpc) is 2.82. The zero-order valence-electron chi connectivity index (χ0n) is 12.3. The maximum atomic E-state index is 12.3. The third-order valence-electron chi connectivity index (χ3n) is 3.79. The van der Waals surface area contributed by atoms with Gasteiger partial charge in [-0.15, -0.1) is 0 Å². The number of sulfone groups is 1. The van der Waals surface area contributed by atoms with Gasteiger partial charge in [-0.05, 0) is 44.0 Å². The fraction of sp³-hybridized carbons (Fsp3) is 0.538. The number of fused-ring (bicyclic) bond motifs is 1. The van der Waals surface area contributed by atoms with E-state index in [2.05, 4.69) is 10.0 Å². The summed E-state index contributed by atoms with van der Waals surface area (Å²) in [5, 5.41) is 3.16. The first-order valence-corrected chi connectivity index (χ1v) is 9.96. The fourth-order valence-corrected chi connectivity index (χ4v) is 3.62. The Hall–Kier alpha value is -1.12. The van der Waals surface area contributed by atoms with Gasteiger partial charge in [0.1, 0.15) is 0 Å². The molecule has 1 aliphatic heterocycles. The fourth-order valence-electron chi connectivity index (χ4n) is 1.93. The Balaban J connectivity index is 2.20. The second kappa shape index (κ2) is 5.26. The van der Waals surface area contributed by atoms with Gasteiger partial charge >= 0.3 is 0 Å². The highest BCUT2D eigenvalue weighted by Crippen LogP contribution is 2.25.